The molecule has 5 heteroatoms. The van der Waals surface area contributed by atoms with Crippen LogP contribution in [0.1, 0.15) is 5.56 Å². The molecule has 0 aliphatic carbocycles. The van der Waals surface area contributed by atoms with Crippen molar-refractivity contribution in [3.63, 3.8) is 0 Å². The molecule has 1 aromatic carbocycles. The summed E-state index contributed by atoms with van der Waals surface area (Å²) in [5.74, 6) is 0.959. The van der Waals surface area contributed by atoms with Crippen molar-refractivity contribution in [1.82, 2.24) is 15.0 Å². The highest BCUT2D eigenvalue weighted by molar-refractivity contribution is 5.88. The Morgan fingerprint density at radius 2 is 1.77 bits per heavy atom. The molecule has 3 aromatic rings. The van der Waals surface area contributed by atoms with Crippen molar-refractivity contribution in [1.29, 1.82) is 0 Å². The minimum Gasteiger partial charge on any atom is -0.315 e. The average Bonchev–Trinajstić information content (AvgIpc) is 3.10. The maximum Gasteiger partial charge on any atom is 0.162 e. The van der Waals surface area contributed by atoms with E-state index in [-0.39, 0.29) is 6.17 Å². The smallest absolute Gasteiger partial charge is 0.162 e. The highest BCUT2D eigenvalue weighted by atomic mass is 15.5. The molecule has 106 valence electrons. The van der Waals surface area contributed by atoms with Crippen LogP contribution in [0.2, 0.25) is 0 Å². The van der Waals surface area contributed by atoms with Gasteiger partial charge in [-0.25, -0.2) is 9.97 Å². The van der Waals surface area contributed by atoms with Crippen LogP contribution in [0, 0.1) is 0 Å². The molecular weight excluding hydrogens is 274 g/mol. The number of hydrogen-bond donors (Lipinski definition) is 0. The van der Waals surface area contributed by atoms with Crippen molar-refractivity contribution in [2.24, 2.45) is 0 Å². The summed E-state index contributed by atoms with van der Waals surface area (Å²) in [4.78, 5) is 17.5. The number of nitrogens with zero attached hydrogens (tertiary/aromatic N) is 5. The van der Waals surface area contributed by atoms with Gasteiger partial charge in [-0.05, 0) is 23.8 Å². The lowest BCUT2D eigenvalue weighted by Gasteiger charge is -2.26. The van der Waals surface area contributed by atoms with Crippen molar-refractivity contribution in [2.45, 2.75) is 12.6 Å². The molecule has 0 saturated carbocycles. The molecule has 2 aliphatic rings. The van der Waals surface area contributed by atoms with Gasteiger partial charge in [-0.15, -0.1) is 0 Å². The fraction of sp³-hybridized carbons (Fsp3) is 0.118. The largest absolute Gasteiger partial charge is 0.315 e. The zero-order chi connectivity index (χ0) is 14.5. The van der Waals surface area contributed by atoms with Gasteiger partial charge < -0.3 is 9.80 Å². The summed E-state index contributed by atoms with van der Waals surface area (Å²) in [6.45, 7) is 0. The van der Waals surface area contributed by atoms with Gasteiger partial charge in [-0.3, -0.25) is 4.98 Å². The van der Waals surface area contributed by atoms with E-state index >= 15 is 0 Å². The molecule has 5 rings (SSSR count). The number of fused-ring (bicyclic) bond motifs is 5. The fourth-order valence-corrected chi connectivity index (χ4v) is 3.48. The van der Waals surface area contributed by atoms with Gasteiger partial charge in [0.2, 0.25) is 0 Å². The lowest BCUT2D eigenvalue weighted by Crippen LogP contribution is -2.35. The molecule has 0 bridgehead atoms. The van der Waals surface area contributed by atoms with E-state index in [1.165, 1.54) is 11.3 Å². The summed E-state index contributed by atoms with van der Waals surface area (Å²) >= 11 is 0. The molecule has 2 aromatic heterocycles. The first kappa shape index (κ1) is 11.7. The van der Waals surface area contributed by atoms with Crippen LogP contribution in [0.3, 0.4) is 0 Å². The normalized spacial score (nSPS) is 18.1. The monoisotopic (exact) mass is 287 g/mol. The zero-order valence-electron chi connectivity index (χ0n) is 11.8. The molecule has 0 spiro atoms. The average molecular weight is 287 g/mol. The molecule has 1 atom stereocenters. The zero-order valence-corrected chi connectivity index (χ0v) is 11.8. The lowest BCUT2D eigenvalue weighted by atomic mass is 10.1. The van der Waals surface area contributed by atoms with Crippen molar-refractivity contribution in [3.8, 4) is 0 Å². The molecule has 0 saturated heterocycles. The first-order chi connectivity index (χ1) is 10.9. The number of rotatable bonds is 1. The fourth-order valence-electron chi connectivity index (χ4n) is 3.48. The van der Waals surface area contributed by atoms with E-state index in [1.807, 2.05) is 30.7 Å². The van der Waals surface area contributed by atoms with Crippen LogP contribution in [0.4, 0.5) is 22.9 Å². The Morgan fingerprint density at radius 3 is 2.68 bits per heavy atom. The summed E-state index contributed by atoms with van der Waals surface area (Å²) in [7, 11) is 0. The molecule has 4 heterocycles. The van der Waals surface area contributed by atoms with Gasteiger partial charge >= 0.3 is 0 Å². The molecule has 0 amide bonds. The summed E-state index contributed by atoms with van der Waals surface area (Å²) in [6, 6.07) is 12.6. The number of benzene rings is 1. The second-order valence-corrected chi connectivity index (χ2v) is 5.49. The molecule has 2 aliphatic heterocycles. The van der Waals surface area contributed by atoms with Gasteiger partial charge in [-0.1, -0.05) is 18.2 Å². The van der Waals surface area contributed by atoms with E-state index in [4.69, 9.17) is 0 Å². The number of anilines is 4. The quantitative estimate of drug-likeness (QED) is 0.688. The van der Waals surface area contributed by atoms with Gasteiger partial charge in [0.1, 0.15) is 18.2 Å². The van der Waals surface area contributed by atoms with Crippen LogP contribution in [0.25, 0.3) is 0 Å². The van der Waals surface area contributed by atoms with E-state index < -0.39 is 0 Å². The second kappa shape index (κ2) is 4.27. The van der Waals surface area contributed by atoms with E-state index in [0.29, 0.717) is 0 Å². The Balaban J connectivity index is 1.73. The Morgan fingerprint density at radius 1 is 0.909 bits per heavy atom. The summed E-state index contributed by atoms with van der Waals surface area (Å²) < 4.78 is 0. The van der Waals surface area contributed by atoms with Gasteiger partial charge in [0.15, 0.2) is 5.82 Å². The summed E-state index contributed by atoms with van der Waals surface area (Å²) in [5, 5.41) is 0. The Hall–Kier alpha value is -2.95. The van der Waals surface area contributed by atoms with Gasteiger partial charge in [0.25, 0.3) is 0 Å². The van der Waals surface area contributed by atoms with Crippen LogP contribution < -0.4 is 9.80 Å². The lowest BCUT2D eigenvalue weighted by molar-refractivity contribution is 0.725. The Labute approximate surface area is 127 Å². The van der Waals surface area contributed by atoms with Gasteiger partial charge in [-0.2, -0.15) is 0 Å². The van der Waals surface area contributed by atoms with Crippen LogP contribution in [-0.2, 0) is 6.42 Å². The van der Waals surface area contributed by atoms with Gasteiger partial charge in [0, 0.05) is 30.2 Å². The first-order valence-corrected chi connectivity index (χ1v) is 7.30. The number of hydrogen-bond acceptors (Lipinski definition) is 5. The third-order valence-corrected chi connectivity index (χ3v) is 4.35. The van der Waals surface area contributed by atoms with Crippen LogP contribution in [0.15, 0.2) is 61.3 Å². The van der Waals surface area contributed by atoms with Crippen molar-refractivity contribution < 1.29 is 0 Å². The van der Waals surface area contributed by atoms with Crippen LogP contribution in [-0.4, -0.2) is 21.1 Å². The molecule has 1 unspecified atom stereocenters. The molecule has 0 radical (unpaired) electrons. The maximum absolute atomic E-state index is 4.53. The van der Waals surface area contributed by atoms with E-state index in [2.05, 4.69) is 49.0 Å². The van der Waals surface area contributed by atoms with Crippen molar-refractivity contribution in [3.05, 3.63) is 66.9 Å². The highest BCUT2D eigenvalue weighted by Gasteiger charge is 2.43. The van der Waals surface area contributed by atoms with E-state index in [0.717, 1.165) is 23.6 Å². The Bertz CT molecular complexity index is 833. The molecule has 0 N–H and O–H groups in total. The SMILES string of the molecule is c1ccc2c(c1)CC1N2c2cncnc2N1c1ccncc1. The standard InChI is InChI=1S/C17H13N5/c1-2-4-14-12(3-1)9-16-21(13-5-7-18-8-6-13)17-15(22(14)16)10-19-11-20-17/h1-8,10-11,16H,9H2. The van der Waals surface area contributed by atoms with Crippen LogP contribution >= 0.6 is 0 Å². The first-order valence-electron chi connectivity index (χ1n) is 7.30. The highest BCUT2D eigenvalue weighted by Crippen LogP contribution is 2.50. The summed E-state index contributed by atoms with van der Waals surface area (Å²) in [6.07, 6.45) is 8.34. The molecular formula is C17H13N5. The van der Waals surface area contributed by atoms with E-state index in [1.54, 1.807) is 6.33 Å². The minimum absolute atomic E-state index is 0.214. The number of aromatic nitrogens is 3. The predicted octanol–water partition coefficient (Wildman–Crippen LogP) is 3.04. The van der Waals surface area contributed by atoms with Crippen molar-refractivity contribution >= 4 is 22.9 Å². The predicted molar refractivity (Wildman–Crippen MR) is 84.5 cm³/mol. The number of para-hydroxylation sites is 1. The third kappa shape index (κ3) is 1.45. The Kier molecular flexibility index (Phi) is 2.27. The minimum atomic E-state index is 0.214. The molecule has 22 heavy (non-hydrogen) atoms. The summed E-state index contributed by atoms with van der Waals surface area (Å²) in [5.41, 5.74) is 4.78. The molecule has 0 fully saturated rings. The van der Waals surface area contributed by atoms with Crippen LogP contribution in [0.5, 0.6) is 0 Å². The van der Waals surface area contributed by atoms with E-state index in [9.17, 15) is 0 Å². The third-order valence-electron chi connectivity index (χ3n) is 4.35. The second-order valence-electron chi connectivity index (χ2n) is 5.49. The maximum atomic E-state index is 4.53. The number of pyridine rings is 1. The van der Waals surface area contributed by atoms with Gasteiger partial charge in [0.05, 0.1) is 6.20 Å². The van der Waals surface area contributed by atoms with Crippen molar-refractivity contribution in [2.75, 3.05) is 9.80 Å². The molecule has 5 nitrogen and oxygen atoms in total. The topological polar surface area (TPSA) is 45.2 Å².